The molecular formula is C28H31N7O4. The number of likely N-dealkylation sites (tertiary alicyclic amines) is 1. The van der Waals surface area contributed by atoms with E-state index in [9.17, 15) is 14.4 Å². The zero-order valence-electron chi connectivity index (χ0n) is 22.1. The van der Waals surface area contributed by atoms with Crippen LogP contribution >= 0.6 is 0 Å². The molecule has 3 aliphatic heterocycles. The van der Waals surface area contributed by atoms with Gasteiger partial charge in [0.2, 0.25) is 17.7 Å². The molecule has 0 aliphatic carbocycles. The lowest BCUT2D eigenvalue weighted by atomic mass is 9.72. The summed E-state index contributed by atoms with van der Waals surface area (Å²) in [6.07, 6.45) is 1.30. The number of aryl methyl sites for hydroxylation is 2. The number of likely N-dealkylation sites (N-methyl/N-ethyl adjacent to an activating group) is 1. The average molecular weight is 530 g/mol. The number of fused-ring (bicyclic) bond motifs is 6. The summed E-state index contributed by atoms with van der Waals surface area (Å²) in [5.41, 5.74) is 1.40. The predicted molar refractivity (Wildman–Crippen MR) is 141 cm³/mol. The van der Waals surface area contributed by atoms with Crippen molar-refractivity contribution in [3.05, 3.63) is 65.5 Å². The van der Waals surface area contributed by atoms with Crippen molar-refractivity contribution < 1.29 is 19.1 Å². The molecular weight excluding hydrogens is 498 g/mol. The Bertz CT molecular complexity index is 1440. The van der Waals surface area contributed by atoms with E-state index in [0.717, 1.165) is 16.8 Å². The van der Waals surface area contributed by atoms with Gasteiger partial charge in [0.25, 0.3) is 0 Å². The molecule has 0 unspecified atom stereocenters. The molecule has 6 rings (SSSR count). The van der Waals surface area contributed by atoms with Crippen molar-refractivity contribution in [2.45, 2.75) is 44.2 Å². The molecule has 1 fully saturated rings. The molecule has 4 heterocycles. The van der Waals surface area contributed by atoms with Crippen LogP contribution < -0.4 is 9.64 Å². The van der Waals surface area contributed by atoms with Crippen LogP contribution in [0.5, 0.6) is 5.75 Å². The highest BCUT2D eigenvalue weighted by Gasteiger charge is 2.61. The van der Waals surface area contributed by atoms with E-state index in [1.807, 2.05) is 53.4 Å². The Balaban J connectivity index is 1.45. The number of para-hydroxylation sites is 1. The van der Waals surface area contributed by atoms with Gasteiger partial charge >= 0.3 is 0 Å². The van der Waals surface area contributed by atoms with E-state index in [2.05, 4.69) is 15.5 Å². The fourth-order valence-corrected chi connectivity index (χ4v) is 6.22. The molecule has 11 nitrogen and oxygen atoms in total. The SMILES string of the molecule is Cc1nnnn1CCC(=O)N1CC[C@]23C(=O)N(CC(=O)N(C)CCCOc4cccc(c4)[C@H]12)c1ccccc13. The second-order valence-electron chi connectivity index (χ2n) is 10.4. The van der Waals surface area contributed by atoms with Crippen LogP contribution in [0.15, 0.2) is 48.5 Å². The van der Waals surface area contributed by atoms with Gasteiger partial charge in [-0.2, -0.15) is 0 Å². The maximum absolute atomic E-state index is 14.5. The number of anilines is 1. The van der Waals surface area contributed by atoms with Gasteiger partial charge in [-0.1, -0.05) is 30.3 Å². The maximum Gasteiger partial charge on any atom is 0.242 e. The van der Waals surface area contributed by atoms with Crippen LogP contribution in [0.2, 0.25) is 0 Å². The van der Waals surface area contributed by atoms with Crippen LogP contribution in [0.25, 0.3) is 0 Å². The van der Waals surface area contributed by atoms with Crippen LogP contribution in [-0.2, 0) is 26.3 Å². The number of rotatable bonds is 3. The Morgan fingerprint density at radius 3 is 2.79 bits per heavy atom. The van der Waals surface area contributed by atoms with Gasteiger partial charge in [-0.05, 0) is 59.5 Å². The molecule has 0 radical (unpaired) electrons. The summed E-state index contributed by atoms with van der Waals surface area (Å²) in [6, 6.07) is 14.8. The van der Waals surface area contributed by atoms with Gasteiger partial charge in [-0.15, -0.1) is 5.10 Å². The average Bonchev–Trinajstić information content (AvgIpc) is 3.61. The molecule has 1 saturated heterocycles. The maximum atomic E-state index is 14.5. The van der Waals surface area contributed by atoms with Crippen molar-refractivity contribution in [2.24, 2.45) is 0 Å². The third kappa shape index (κ3) is 4.12. The summed E-state index contributed by atoms with van der Waals surface area (Å²) >= 11 is 0. The number of carbonyl (C=O) groups is 3. The fourth-order valence-electron chi connectivity index (χ4n) is 6.22. The van der Waals surface area contributed by atoms with Crippen LogP contribution in [0.1, 0.15) is 42.3 Å². The number of tetrazole rings is 1. The van der Waals surface area contributed by atoms with E-state index in [0.29, 0.717) is 50.7 Å². The molecule has 2 aromatic carbocycles. The first-order valence-electron chi connectivity index (χ1n) is 13.3. The number of benzene rings is 2. The number of aromatic nitrogens is 4. The molecule has 11 heteroatoms. The molecule has 39 heavy (non-hydrogen) atoms. The van der Waals surface area contributed by atoms with Gasteiger partial charge in [0.1, 0.15) is 23.5 Å². The van der Waals surface area contributed by atoms with Gasteiger partial charge < -0.3 is 19.4 Å². The van der Waals surface area contributed by atoms with Gasteiger partial charge in [0, 0.05) is 32.2 Å². The van der Waals surface area contributed by atoms with Crippen molar-refractivity contribution in [3.63, 3.8) is 0 Å². The molecule has 4 bridgehead atoms. The van der Waals surface area contributed by atoms with E-state index < -0.39 is 11.5 Å². The van der Waals surface area contributed by atoms with Crippen LogP contribution in [0, 0.1) is 6.92 Å². The summed E-state index contributed by atoms with van der Waals surface area (Å²) in [6.45, 7) is 3.47. The monoisotopic (exact) mass is 529 g/mol. The number of carbonyl (C=O) groups excluding carboxylic acids is 3. The van der Waals surface area contributed by atoms with Crippen molar-refractivity contribution in [1.29, 1.82) is 0 Å². The minimum absolute atomic E-state index is 0.0474. The number of amides is 3. The molecule has 3 amide bonds. The first-order chi connectivity index (χ1) is 18.9. The van der Waals surface area contributed by atoms with E-state index in [4.69, 9.17) is 4.74 Å². The molecule has 3 aromatic rings. The Labute approximate surface area is 226 Å². The lowest BCUT2D eigenvalue weighted by Gasteiger charge is -2.35. The molecule has 1 spiro atoms. The quantitative estimate of drug-likeness (QED) is 0.509. The topological polar surface area (TPSA) is 114 Å². The summed E-state index contributed by atoms with van der Waals surface area (Å²) in [7, 11) is 1.75. The van der Waals surface area contributed by atoms with E-state index in [1.165, 1.54) is 0 Å². The highest BCUT2D eigenvalue weighted by atomic mass is 16.5. The Kier molecular flexibility index (Phi) is 6.28. The number of ether oxygens (including phenoxy) is 1. The van der Waals surface area contributed by atoms with E-state index in [1.54, 1.807) is 28.5 Å². The molecule has 2 atom stereocenters. The number of hydrogen-bond donors (Lipinski definition) is 0. The Morgan fingerprint density at radius 1 is 1.13 bits per heavy atom. The second kappa shape index (κ2) is 9.79. The van der Waals surface area contributed by atoms with Gasteiger partial charge in [0.15, 0.2) is 0 Å². The van der Waals surface area contributed by atoms with E-state index >= 15 is 0 Å². The summed E-state index contributed by atoms with van der Waals surface area (Å²) in [5, 5.41) is 11.5. The van der Waals surface area contributed by atoms with Crippen molar-refractivity contribution in [2.75, 3.05) is 38.2 Å². The standard InChI is InChI=1S/C28H31N7O4/c1-19-29-30-31-35(19)14-11-24(36)33-15-12-28-22-9-3-4-10-23(22)34(27(28)38)18-25(37)32(2)13-6-16-39-21-8-5-7-20(17-21)26(28)33/h3-5,7-10,17,26H,6,11-16,18H2,1-2H3/t26-,28+/m0/s1. The third-order valence-corrected chi connectivity index (χ3v) is 8.20. The minimum Gasteiger partial charge on any atom is -0.494 e. The zero-order valence-corrected chi connectivity index (χ0v) is 22.1. The summed E-state index contributed by atoms with van der Waals surface area (Å²) < 4.78 is 7.64. The van der Waals surface area contributed by atoms with Crippen molar-refractivity contribution in [1.82, 2.24) is 30.0 Å². The van der Waals surface area contributed by atoms with Crippen LogP contribution in [0.4, 0.5) is 5.69 Å². The zero-order chi connectivity index (χ0) is 27.1. The highest BCUT2D eigenvalue weighted by Crippen LogP contribution is 2.57. The molecule has 3 aliphatic rings. The second-order valence-corrected chi connectivity index (χ2v) is 10.4. The van der Waals surface area contributed by atoms with Gasteiger partial charge in [-0.3, -0.25) is 14.4 Å². The molecule has 1 aromatic heterocycles. The molecule has 0 N–H and O–H groups in total. The van der Waals surface area contributed by atoms with Crippen molar-refractivity contribution >= 4 is 23.4 Å². The van der Waals surface area contributed by atoms with E-state index in [-0.39, 0.29) is 30.7 Å². The van der Waals surface area contributed by atoms with Gasteiger partial charge in [0.05, 0.1) is 19.2 Å². The van der Waals surface area contributed by atoms with Gasteiger partial charge in [-0.25, -0.2) is 4.68 Å². The smallest absolute Gasteiger partial charge is 0.242 e. The molecule has 0 saturated carbocycles. The first-order valence-corrected chi connectivity index (χ1v) is 13.3. The predicted octanol–water partition coefficient (Wildman–Crippen LogP) is 1.87. The van der Waals surface area contributed by atoms with Crippen molar-refractivity contribution in [3.8, 4) is 5.75 Å². The Morgan fingerprint density at radius 2 is 1.97 bits per heavy atom. The molecule has 202 valence electrons. The normalized spacial score (nSPS) is 22.8. The number of hydrogen-bond acceptors (Lipinski definition) is 7. The summed E-state index contributed by atoms with van der Waals surface area (Å²) in [4.78, 5) is 46.6. The number of nitrogens with zero attached hydrogens (tertiary/aromatic N) is 7. The third-order valence-electron chi connectivity index (χ3n) is 8.20. The summed E-state index contributed by atoms with van der Waals surface area (Å²) in [5.74, 6) is 0.941. The largest absolute Gasteiger partial charge is 0.494 e. The fraction of sp³-hybridized carbons (Fsp3) is 0.429. The first kappa shape index (κ1) is 25.0. The van der Waals surface area contributed by atoms with Crippen LogP contribution in [0.3, 0.4) is 0 Å². The lowest BCUT2D eigenvalue weighted by molar-refractivity contribution is -0.135. The minimum atomic E-state index is -1.02. The Hall–Kier alpha value is -4.28. The van der Waals surface area contributed by atoms with Crippen LogP contribution in [-0.4, -0.2) is 81.0 Å². The highest BCUT2D eigenvalue weighted by molar-refractivity contribution is 6.12. The lowest BCUT2D eigenvalue weighted by Crippen LogP contribution is -2.48.